The number of carbonyl (C=O) groups is 2. The number of rotatable bonds is 5. The molecule has 4 heterocycles. The van der Waals surface area contributed by atoms with Crippen LogP contribution in [0.4, 0.5) is 11.6 Å². The van der Waals surface area contributed by atoms with Gasteiger partial charge in [0, 0.05) is 54.3 Å². The number of nitrogens with one attached hydrogen (secondary N) is 2. The minimum absolute atomic E-state index is 0.0450. The summed E-state index contributed by atoms with van der Waals surface area (Å²) in [6.07, 6.45) is 6.18. The molecule has 2 fully saturated rings. The Morgan fingerprint density at radius 3 is 2.80 bits per heavy atom. The van der Waals surface area contributed by atoms with Crippen LogP contribution in [0.15, 0.2) is 30.6 Å². The van der Waals surface area contributed by atoms with E-state index in [1.54, 1.807) is 17.2 Å². The Balaban J connectivity index is 1.41. The Labute approximate surface area is 208 Å². The average molecular weight is 473 g/mol. The zero-order chi connectivity index (χ0) is 27.1. The molecule has 1 saturated carbocycles. The fraction of sp³-hybridized carbons (Fsp3) is 0.385. The second kappa shape index (κ2) is 8.95. The second-order valence-electron chi connectivity index (χ2n) is 9.50. The number of fused-ring (bicyclic) bond motifs is 1. The number of likely N-dealkylation sites (tertiary alicyclic amines) is 1. The first-order valence-corrected chi connectivity index (χ1v) is 11.5. The molecule has 1 atom stereocenters. The summed E-state index contributed by atoms with van der Waals surface area (Å²) in [5.41, 5.74) is 1.90. The molecule has 0 bridgehead atoms. The van der Waals surface area contributed by atoms with Gasteiger partial charge in [-0.05, 0) is 48.8 Å². The molecule has 35 heavy (non-hydrogen) atoms. The zero-order valence-electron chi connectivity index (χ0n) is 22.6. The molecule has 3 aromatic rings. The molecule has 2 aliphatic rings. The number of aromatic nitrogens is 4. The van der Waals surface area contributed by atoms with Gasteiger partial charge in [-0.1, -0.05) is 18.9 Å². The van der Waals surface area contributed by atoms with Crippen molar-refractivity contribution in [1.82, 2.24) is 25.1 Å². The maximum atomic E-state index is 12.5. The van der Waals surface area contributed by atoms with Crippen LogP contribution in [0.25, 0.3) is 10.9 Å². The van der Waals surface area contributed by atoms with Gasteiger partial charge in [-0.2, -0.15) is 0 Å². The number of anilines is 2. The van der Waals surface area contributed by atoms with Crippen molar-refractivity contribution in [2.45, 2.75) is 32.6 Å². The predicted molar refractivity (Wildman–Crippen MR) is 133 cm³/mol. The summed E-state index contributed by atoms with van der Waals surface area (Å²) in [6, 6.07) is 5.40. The van der Waals surface area contributed by atoms with E-state index in [1.807, 2.05) is 26.1 Å². The number of amides is 2. The lowest BCUT2D eigenvalue weighted by Crippen LogP contribution is -2.22. The van der Waals surface area contributed by atoms with Gasteiger partial charge in [0.15, 0.2) is 11.6 Å². The monoisotopic (exact) mass is 472 g/mol. The van der Waals surface area contributed by atoms with Crippen LogP contribution in [-0.4, -0.2) is 57.4 Å². The first kappa shape index (κ1) is 19.3. The number of hydrogen-bond donors (Lipinski definition) is 2. The van der Waals surface area contributed by atoms with Gasteiger partial charge in [-0.25, -0.2) is 9.97 Å². The first-order valence-electron chi connectivity index (χ1n) is 13.0. The van der Waals surface area contributed by atoms with Gasteiger partial charge in [0.25, 0.3) is 0 Å². The lowest BCUT2D eigenvalue weighted by Gasteiger charge is -2.10. The van der Waals surface area contributed by atoms with Crippen molar-refractivity contribution in [3.63, 3.8) is 0 Å². The standard InChI is InChI=1S/C26H27N7O2/c1-26(8-9-26)25(35)30-21-12-20-18(14-29-24(27-2)23(20)32-31-21)5-7-19-6-4-16(13-28-19)10-17-11-22(34)33(3)15-17/h4,6,12-14,17H,8-11,15H2,1-3H3,(H,27,29)(H,30,31,35)/t17-/m0/s1/i2D3. The highest BCUT2D eigenvalue weighted by molar-refractivity contribution is 5.99. The van der Waals surface area contributed by atoms with Crippen LogP contribution in [0.5, 0.6) is 0 Å². The third-order valence-corrected chi connectivity index (χ3v) is 6.63. The van der Waals surface area contributed by atoms with Gasteiger partial charge in [-0.15, -0.1) is 10.2 Å². The summed E-state index contributed by atoms with van der Waals surface area (Å²) in [4.78, 5) is 34.7. The Kier molecular flexibility index (Phi) is 4.93. The molecule has 0 unspecified atom stereocenters. The van der Waals surface area contributed by atoms with E-state index in [9.17, 15) is 9.59 Å². The molecule has 9 nitrogen and oxygen atoms in total. The van der Waals surface area contributed by atoms with Crippen molar-refractivity contribution in [2.75, 3.05) is 31.2 Å². The van der Waals surface area contributed by atoms with Gasteiger partial charge >= 0.3 is 0 Å². The van der Waals surface area contributed by atoms with Crippen LogP contribution in [-0.2, 0) is 16.0 Å². The highest BCUT2D eigenvalue weighted by atomic mass is 16.2. The Bertz CT molecular complexity index is 1470. The Hall–Kier alpha value is -4.06. The number of pyridine rings is 2. The minimum Gasteiger partial charge on any atom is -0.371 e. The fourth-order valence-corrected chi connectivity index (χ4v) is 4.14. The quantitative estimate of drug-likeness (QED) is 0.549. The van der Waals surface area contributed by atoms with Crippen molar-refractivity contribution < 1.29 is 13.7 Å². The Morgan fingerprint density at radius 1 is 1.26 bits per heavy atom. The number of hydrogen-bond acceptors (Lipinski definition) is 7. The van der Waals surface area contributed by atoms with Crippen LogP contribution in [0.3, 0.4) is 0 Å². The van der Waals surface area contributed by atoms with Gasteiger partial charge in [0.2, 0.25) is 11.8 Å². The van der Waals surface area contributed by atoms with Crippen LogP contribution >= 0.6 is 0 Å². The summed E-state index contributed by atoms with van der Waals surface area (Å²) in [6.45, 7) is 0.160. The smallest absolute Gasteiger partial charge is 0.231 e. The topological polar surface area (TPSA) is 113 Å². The molecule has 1 aliphatic heterocycles. The first-order chi connectivity index (χ1) is 18.0. The molecule has 0 spiro atoms. The van der Waals surface area contributed by atoms with E-state index in [-0.39, 0.29) is 34.9 Å². The third kappa shape index (κ3) is 4.78. The van der Waals surface area contributed by atoms with E-state index in [1.165, 1.54) is 6.20 Å². The molecule has 1 aliphatic carbocycles. The van der Waals surface area contributed by atoms with E-state index in [0.717, 1.165) is 31.4 Å². The average Bonchev–Trinajstić information content (AvgIpc) is 3.54. The minimum atomic E-state index is -2.48. The molecular formula is C26H27N7O2. The highest BCUT2D eigenvalue weighted by Gasteiger charge is 2.45. The van der Waals surface area contributed by atoms with Crippen molar-refractivity contribution in [3.05, 3.63) is 47.4 Å². The predicted octanol–water partition coefficient (Wildman–Crippen LogP) is 2.62. The van der Waals surface area contributed by atoms with E-state index >= 15 is 0 Å². The van der Waals surface area contributed by atoms with Crippen molar-refractivity contribution in [1.29, 1.82) is 0 Å². The molecule has 1 saturated heterocycles. The summed E-state index contributed by atoms with van der Waals surface area (Å²) < 4.78 is 22.6. The highest BCUT2D eigenvalue weighted by Crippen LogP contribution is 2.45. The lowest BCUT2D eigenvalue weighted by molar-refractivity contribution is -0.126. The SMILES string of the molecule is [2H]C([2H])([2H])Nc1ncc(C#Cc2ccc(C[C@H]3CC(=O)N(C)C3)cn2)c2cc(NC(=O)C3(C)CC3)nnc12. The van der Waals surface area contributed by atoms with Gasteiger partial charge in [0.1, 0.15) is 11.2 Å². The summed E-state index contributed by atoms with van der Waals surface area (Å²) in [5, 5.41) is 13.9. The van der Waals surface area contributed by atoms with Crippen molar-refractivity contribution >= 4 is 34.4 Å². The summed E-state index contributed by atoms with van der Waals surface area (Å²) in [5.74, 6) is 6.68. The van der Waals surface area contributed by atoms with E-state index < -0.39 is 12.4 Å². The summed E-state index contributed by atoms with van der Waals surface area (Å²) >= 11 is 0. The number of nitrogens with zero attached hydrogens (tertiary/aromatic N) is 5. The zero-order valence-corrected chi connectivity index (χ0v) is 19.6. The van der Waals surface area contributed by atoms with Crippen LogP contribution < -0.4 is 10.6 Å². The van der Waals surface area contributed by atoms with E-state index in [0.29, 0.717) is 23.1 Å². The van der Waals surface area contributed by atoms with Crippen molar-refractivity contribution in [2.24, 2.45) is 11.3 Å². The Morgan fingerprint density at radius 2 is 2.11 bits per heavy atom. The maximum Gasteiger partial charge on any atom is 0.231 e. The molecule has 3 aromatic heterocycles. The van der Waals surface area contributed by atoms with Crippen LogP contribution in [0, 0.1) is 23.2 Å². The van der Waals surface area contributed by atoms with E-state index in [2.05, 4.69) is 42.6 Å². The maximum absolute atomic E-state index is 12.5. The molecule has 178 valence electrons. The molecule has 2 amide bonds. The van der Waals surface area contributed by atoms with Gasteiger partial charge < -0.3 is 15.5 Å². The molecule has 2 N–H and O–H groups in total. The fourth-order valence-electron chi connectivity index (χ4n) is 4.14. The van der Waals surface area contributed by atoms with Crippen molar-refractivity contribution in [3.8, 4) is 11.8 Å². The molecule has 9 heteroatoms. The molecule has 5 rings (SSSR count). The molecule has 0 aromatic carbocycles. The molecule has 0 radical (unpaired) electrons. The van der Waals surface area contributed by atoms with Crippen LogP contribution in [0.2, 0.25) is 0 Å². The van der Waals surface area contributed by atoms with Crippen LogP contribution in [0.1, 0.15) is 47.1 Å². The largest absolute Gasteiger partial charge is 0.371 e. The third-order valence-electron chi connectivity index (χ3n) is 6.63. The number of carbonyl (C=O) groups excluding carboxylic acids is 2. The van der Waals surface area contributed by atoms with E-state index in [4.69, 9.17) is 4.11 Å². The lowest BCUT2D eigenvalue weighted by atomic mass is 9.99. The van der Waals surface area contributed by atoms with Gasteiger partial charge in [0.05, 0.1) is 5.56 Å². The molecular weight excluding hydrogens is 442 g/mol. The summed E-state index contributed by atoms with van der Waals surface area (Å²) in [7, 11) is 1.82. The second-order valence-corrected chi connectivity index (χ2v) is 9.50. The van der Waals surface area contributed by atoms with Gasteiger partial charge in [-0.3, -0.25) is 9.59 Å². The normalized spacial score (nSPS) is 19.8.